The minimum absolute atomic E-state index is 0.609. The van der Waals surface area contributed by atoms with Gasteiger partial charge in [-0.3, -0.25) is 4.99 Å². The Kier molecular flexibility index (Phi) is 6.17. The molecule has 0 unspecified atom stereocenters. The van der Waals surface area contributed by atoms with Gasteiger partial charge < -0.3 is 24.8 Å². The molecule has 0 atom stereocenters. The molecule has 0 radical (unpaired) electrons. The molecule has 30 heavy (non-hydrogen) atoms. The third-order valence-corrected chi connectivity index (χ3v) is 5.36. The third kappa shape index (κ3) is 4.56. The van der Waals surface area contributed by atoms with Crippen LogP contribution < -0.4 is 15.0 Å². The number of anilines is 1. The van der Waals surface area contributed by atoms with Crippen molar-refractivity contribution in [3.05, 3.63) is 66.6 Å². The van der Waals surface area contributed by atoms with Crippen LogP contribution in [0.2, 0.25) is 0 Å². The van der Waals surface area contributed by atoms with E-state index in [0.717, 1.165) is 55.0 Å². The number of piperazine rings is 1. The number of nitrogens with zero attached hydrogens (tertiary/aromatic N) is 4. The summed E-state index contributed by atoms with van der Waals surface area (Å²) in [7, 11) is 3.52. The lowest BCUT2D eigenvalue weighted by atomic mass is 10.2. The molecule has 1 aromatic heterocycles. The van der Waals surface area contributed by atoms with Crippen LogP contribution in [-0.2, 0) is 6.54 Å². The van der Waals surface area contributed by atoms with E-state index in [4.69, 9.17) is 4.74 Å². The standard InChI is InChI=1S/C23H28N6O/c1-24-23(26-17-22-25-16-21(27-22)18-6-4-3-5-7-18)29-14-12-28(13-15-29)19-8-10-20(30-2)11-9-19/h3-11,16H,12-15,17H2,1-2H3,(H,24,26)(H,25,27). The summed E-state index contributed by atoms with van der Waals surface area (Å²) in [5.74, 6) is 2.68. The van der Waals surface area contributed by atoms with E-state index in [2.05, 4.69) is 54.3 Å². The molecule has 7 nitrogen and oxygen atoms in total. The summed E-state index contributed by atoms with van der Waals surface area (Å²) in [6.45, 7) is 4.34. The van der Waals surface area contributed by atoms with Crippen molar-refractivity contribution in [2.75, 3.05) is 45.2 Å². The van der Waals surface area contributed by atoms with Crippen LogP contribution in [0.4, 0.5) is 5.69 Å². The molecule has 0 spiro atoms. The number of H-pyrrole nitrogens is 1. The third-order valence-electron chi connectivity index (χ3n) is 5.36. The zero-order valence-electron chi connectivity index (χ0n) is 17.5. The molecule has 0 aliphatic carbocycles. The first-order valence-corrected chi connectivity index (χ1v) is 10.2. The monoisotopic (exact) mass is 404 g/mol. The SMILES string of the molecule is CN=C(NCc1ncc(-c2ccccc2)[nH]1)N1CCN(c2ccc(OC)cc2)CC1. The van der Waals surface area contributed by atoms with Gasteiger partial charge in [0, 0.05) is 38.9 Å². The highest BCUT2D eigenvalue weighted by atomic mass is 16.5. The molecule has 1 aliphatic heterocycles. The van der Waals surface area contributed by atoms with Crippen molar-refractivity contribution >= 4 is 11.6 Å². The second kappa shape index (κ2) is 9.35. The number of guanidine groups is 1. The van der Waals surface area contributed by atoms with E-state index in [1.807, 2.05) is 43.6 Å². The molecule has 2 heterocycles. The van der Waals surface area contributed by atoms with E-state index in [1.165, 1.54) is 5.69 Å². The first-order valence-electron chi connectivity index (χ1n) is 10.2. The summed E-state index contributed by atoms with van der Waals surface area (Å²) in [6.07, 6.45) is 1.88. The smallest absolute Gasteiger partial charge is 0.194 e. The topological polar surface area (TPSA) is 68.8 Å². The Morgan fingerprint density at radius 3 is 2.47 bits per heavy atom. The summed E-state index contributed by atoms with van der Waals surface area (Å²) >= 11 is 0. The average Bonchev–Trinajstić information content (AvgIpc) is 3.30. The number of hydrogen-bond acceptors (Lipinski definition) is 4. The highest BCUT2D eigenvalue weighted by molar-refractivity contribution is 5.80. The second-order valence-electron chi connectivity index (χ2n) is 7.18. The van der Waals surface area contributed by atoms with Crippen molar-refractivity contribution in [2.24, 2.45) is 4.99 Å². The zero-order chi connectivity index (χ0) is 20.8. The minimum atomic E-state index is 0.609. The summed E-state index contributed by atoms with van der Waals surface area (Å²) in [6, 6.07) is 18.5. The fourth-order valence-corrected chi connectivity index (χ4v) is 3.68. The van der Waals surface area contributed by atoms with Gasteiger partial charge in [-0.25, -0.2) is 4.98 Å². The maximum absolute atomic E-state index is 5.25. The van der Waals surface area contributed by atoms with Gasteiger partial charge >= 0.3 is 0 Å². The number of aliphatic imine (C=N–C) groups is 1. The van der Waals surface area contributed by atoms with Gasteiger partial charge in [-0.1, -0.05) is 30.3 Å². The number of benzene rings is 2. The number of aromatic amines is 1. The lowest BCUT2D eigenvalue weighted by Crippen LogP contribution is -2.52. The Hall–Kier alpha value is -3.48. The van der Waals surface area contributed by atoms with Gasteiger partial charge in [0.25, 0.3) is 0 Å². The highest BCUT2D eigenvalue weighted by Crippen LogP contribution is 2.20. The maximum Gasteiger partial charge on any atom is 0.194 e. The number of ether oxygens (including phenoxy) is 1. The molecule has 3 aromatic rings. The zero-order valence-corrected chi connectivity index (χ0v) is 17.5. The number of rotatable bonds is 5. The number of aromatic nitrogens is 2. The highest BCUT2D eigenvalue weighted by Gasteiger charge is 2.20. The van der Waals surface area contributed by atoms with Crippen LogP contribution >= 0.6 is 0 Å². The van der Waals surface area contributed by atoms with Crippen LogP contribution in [0, 0.1) is 0 Å². The van der Waals surface area contributed by atoms with Crippen molar-refractivity contribution in [3.63, 3.8) is 0 Å². The van der Waals surface area contributed by atoms with E-state index >= 15 is 0 Å². The van der Waals surface area contributed by atoms with Gasteiger partial charge in [-0.05, 0) is 29.8 Å². The van der Waals surface area contributed by atoms with Crippen molar-refractivity contribution < 1.29 is 4.74 Å². The summed E-state index contributed by atoms with van der Waals surface area (Å²) in [5, 5.41) is 3.44. The molecular weight excluding hydrogens is 376 g/mol. The fraction of sp³-hybridized carbons (Fsp3) is 0.304. The van der Waals surface area contributed by atoms with Crippen molar-refractivity contribution in [3.8, 4) is 17.0 Å². The molecule has 156 valence electrons. The Morgan fingerprint density at radius 2 is 1.80 bits per heavy atom. The summed E-state index contributed by atoms with van der Waals surface area (Å²) in [5.41, 5.74) is 3.38. The second-order valence-corrected chi connectivity index (χ2v) is 7.18. The fourth-order valence-electron chi connectivity index (χ4n) is 3.68. The minimum Gasteiger partial charge on any atom is -0.497 e. The van der Waals surface area contributed by atoms with Crippen LogP contribution in [-0.4, -0.2) is 61.2 Å². The van der Waals surface area contributed by atoms with Gasteiger partial charge in [-0.15, -0.1) is 0 Å². The molecule has 1 fully saturated rings. The molecule has 2 aromatic carbocycles. The quantitative estimate of drug-likeness (QED) is 0.505. The van der Waals surface area contributed by atoms with Gasteiger partial charge in [0.2, 0.25) is 0 Å². The number of hydrogen-bond donors (Lipinski definition) is 2. The lowest BCUT2D eigenvalue weighted by molar-refractivity contribution is 0.372. The summed E-state index contributed by atoms with van der Waals surface area (Å²) < 4.78 is 5.25. The Bertz CT molecular complexity index is 959. The normalized spacial score (nSPS) is 14.7. The van der Waals surface area contributed by atoms with Crippen LogP contribution in [0.1, 0.15) is 5.82 Å². The Balaban J connectivity index is 1.30. The van der Waals surface area contributed by atoms with Crippen LogP contribution in [0.15, 0.2) is 65.8 Å². The number of imidazole rings is 1. The van der Waals surface area contributed by atoms with Gasteiger partial charge in [0.05, 0.1) is 25.5 Å². The van der Waals surface area contributed by atoms with E-state index in [1.54, 1.807) is 7.11 Å². The molecule has 0 bridgehead atoms. The van der Waals surface area contributed by atoms with Crippen LogP contribution in [0.3, 0.4) is 0 Å². The Morgan fingerprint density at radius 1 is 1.07 bits per heavy atom. The van der Waals surface area contributed by atoms with Crippen molar-refractivity contribution in [1.82, 2.24) is 20.2 Å². The predicted molar refractivity (Wildman–Crippen MR) is 121 cm³/mol. The van der Waals surface area contributed by atoms with E-state index in [9.17, 15) is 0 Å². The molecule has 2 N–H and O–H groups in total. The first-order chi connectivity index (χ1) is 14.8. The molecule has 0 saturated carbocycles. The molecule has 1 aliphatic rings. The van der Waals surface area contributed by atoms with Gasteiger partial charge in [0.1, 0.15) is 11.6 Å². The van der Waals surface area contributed by atoms with E-state index in [0.29, 0.717) is 6.54 Å². The average molecular weight is 405 g/mol. The van der Waals surface area contributed by atoms with Crippen LogP contribution in [0.5, 0.6) is 5.75 Å². The van der Waals surface area contributed by atoms with Crippen molar-refractivity contribution in [2.45, 2.75) is 6.54 Å². The molecule has 1 saturated heterocycles. The summed E-state index contributed by atoms with van der Waals surface area (Å²) in [4.78, 5) is 17.0. The van der Waals surface area contributed by atoms with E-state index < -0.39 is 0 Å². The molecule has 0 amide bonds. The lowest BCUT2D eigenvalue weighted by Gasteiger charge is -2.37. The van der Waals surface area contributed by atoms with Crippen LogP contribution in [0.25, 0.3) is 11.3 Å². The van der Waals surface area contributed by atoms with E-state index in [-0.39, 0.29) is 0 Å². The predicted octanol–water partition coefficient (Wildman–Crippen LogP) is 2.98. The van der Waals surface area contributed by atoms with Gasteiger partial charge in [-0.2, -0.15) is 0 Å². The number of methoxy groups -OCH3 is 1. The van der Waals surface area contributed by atoms with Gasteiger partial charge in [0.15, 0.2) is 5.96 Å². The first kappa shape index (κ1) is 19.8. The number of nitrogens with one attached hydrogen (secondary N) is 2. The molecule has 4 rings (SSSR count). The maximum atomic E-state index is 5.25. The van der Waals surface area contributed by atoms with Crippen molar-refractivity contribution in [1.29, 1.82) is 0 Å². The molecule has 7 heteroatoms. The molecular formula is C23H28N6O. The largest absolute Gasteiger partial charge is 0.497 e. The Labute approximate surface area is 177 Å².